The van der Waals surface area contributed by atoms with Crippen molar-refractivity contribution < 1.29 is 18.7 Å². The molecule has 0 bridgehead atoms. The number of alkyl carbamates (subject to hydrolysis) is 1. The molecule has 0 saturated heterocycles. The summed E-state index contributed by atoms with van der Waals surface area (Å²) in [6, 6.07) is 4.97. The molecule has 5 heteroatoms. The molecule has 0 aromatic heterocycles. The van der Waals surface area contributed by atoms with Gasteiger partial charge in [-0.25, -0.2) is 9.18 Å². The largest absolute Gasteiger partial charge is 0.444 e. The Labute approximate surface area is 124 Å². The summed E-state index contributed by atoms with van der Waals surface area (Å²) in [5.41, 5.74) is -0.171. The van der Waals surface area contributed by atoms with Crippen molar-refractivity contribution in [2.24, 2.45) is 5.92 Å². The van der Waals surface area contributed by atoms with Crippen molar-refractivity contribution in [3.63, 3.8) is 0 Å². The molecule has 4 nitrogen and oxygen atoms in total. The van der Waals surface area contributed by atoms with Crippen molar-refractivity contribution in [2.45, 2.75) is 46.3 Å². The van der Waals surface area contributed by atoms with E-state index in [1.807, 2.05) is 0 Å². The molecule has 1 rings (SSSR count). The van der Waals surface area contributed by atoms with Crippen LogP contribution in [0.5, 0.6) is 0 Å². The summed E-state index contributed by atoms with van der Waals surface area (Å²) in [5.74, 6) is -0.985. The van der Waals surface area contributed by atoms with Crippen LogP contribution in [0.1, 0.15) is 45.0 Å². The Morgan fingerprint density at radius 3 is 2.14 bits per heavy atom. The highest BCUT2D eigenvalue weighted by Crippen LogP contribution is 2.14. The van der Waals surface area contributed by atoms with E-state index in [0.29, 0.717) is 5.56 Å². The zero-order valence-corrected chi connectivity index (χ0v) is 13.1. The first-order valence-corrected chi connectivity index (χ1v) is 6.89. The van der Waals surface area contributed by atoms with Crippen molar-refractivity contribution >= 4 is 11.9 Å². The van der Waals surface area contributed by atoms with Gasteiger partial charge in [-0.05, 0) is 52.0 Å². The van der Waals surface area contributed by atoms with Crippen LogP contribution < -0.4 is 5.32 Å². The molecule has 2 unspecified atom stereocenters. The van der Waals surface area contributed by atoms with Crippen molar-refractivity contribution in [1.29, 1.82) is 0 Å². The van der Waals surface area contributed by atoms with Gasteiger partial charge < -0.3 is 10.1 Å². The minimum atomic E-state index is -0.589. The fourth-order valence-corrected chi connectivity index (χ4v) is 1.72. The van der Waals surface area contributed by atoms with Gasteiger partial charge in [0.25, 0.3) is 0 Å². The zero-order valence-electron chi connectivity index (χ0n) is 13.1. The molecule has 0 heterocycles. The van der Waals surface area contributed by atoms with E-state index in [-0.39, 0.29) is 11.6 Å². The minimum absolute atomic E-state index is 0.154. The molecule has 1 amide bonds. The predicted octanol–water partition coefficient (Wildman–Crippen LogP) is 3.56. The third-order valence-corrected chi connectivity index (χ3v) is 3.04. The number of nitrogens with one attached hydrogen (secondary N) is 1. The van der Waals surface area contributed by atoms with Gasteiger partial charge in [0.1, 0.15) is 11.4 Å². The zero-order chi connectivity index (χ0) is 16.2. The van der Waals surface area contributed by atoms with Gasteiger partial charge in [0, 0.05) is 17.5 Å². The molecule has 1 aromatic rings. The Bertz CT molecular complexity index is 505. The Morgan fingerprint density at radius 1 is 1.14 bits per heavy atom. The second kappa shape index (κ2) is 6.70. The minimum Gasteiger partial charge on any atom is -0.444 e. The molecule has 0 spiro atoms. The number of Topliss-reactive ketones (excluding diaryl/α,β-unsaturated/α-hetero) is 1. The maximum absolute atomic E-state index is 12.9. The second-order valence-electron chi connectivity index (χ2n) is 6.09. The lowest BCUT2D eigenvalue weighted by Gasteiger charge is -2.24. The lowest BCUT2D eigenvalue weighted by atomic mass is 9.93. The molecule has 21 heavy (non-hydrogen) atoms. The second-order valence-corrected chi connectivity index (χ2v) is 6.09. The third-order valence-electron chi connectivity index (χ3n) is 3.04. The molecular weight excluding hydrogens is 273 g/mol. The van der Waals surface area contributed by atoms with E-state index in [1.54, 1.807) is 34.6 Å². The first-order valence-electron chi connectivity index (χ1n) is 6.89. The van der Waals surface area contributed by atoms with Gasteiger partial charge in [-0.1, -0.05) is 6.92 Å². The Hall–Kier alpha value is -1.91. The summed E-state index contributed by atoms with van der Waals surface area (Å²) >= 11 is 0. The highest BCUT2D eigenvalue weighted by Gasteiger charge is 2.25. The van der Waals surface area contributed by atoms with Gasteiger partial charge >= 0.3 is 6.09 Å². The number of amides is 1. The summed E-state index contributed by atoms with van der Waals surface area (Å²) in [4.78, 5) is 23.9. The molecule has 116 valence electrons. The third kappa shape index (κ3) is 5.53. The quantitative estimate of drug-likeness (QED) is 0.864. The van der Waals surface area contributed by atoms with E-state index in [0.717, 1.165) is 0 Å². The fourth-order valence-electron chi connectivity index (χ4n) is 1.72. The fraction of sp³-hybridized carbons (Fsp3) is 0.500. The van der Waals surface area contributed by atoms with Crippen LogP contribution >= 0.6 is 0 Å². The predicted molar refractivity (Wildman–Crippen MR) is 78.7 cm³/mol. The number of rotatable bonds is 4. The van der Waals surface area contributed by atoms with Crippen LogP contribution in [-0.2, 0) is 4.74 Å². The molecule has 0 saturated carbocycles. The van der Waals surface area contributed by atoms with E-state index in [9.17, 15) is 14.0 Å². The molecule has 0 radical (unpaired) electrons. The summed E-state index contributed by atoms with van der Waals surface area (Å²) in [6.45, 7) is 8.75. The van der Waals surface area contributed by atoms with E-state index < -0.39 is 23.7 Å². The van der Waals surface area contributed by atoms with E-state index in [4.69, 9.17) is 4.74 Å². The number of benzene rings is 1. The monoisotopic (exact) mass is 295 g/mol. The van der Waals surface area contributed by atoms with Crippen molar-refractivity contribution in [3.8, 4) is 0 Å². The van der Waals surface area contributed by atoms with Crippen LogP contribution in [-0.4, -0.2) is 23.5 Å². The summed E-state index contributed by atoms with van der Waals surface area (Å²) in [5, 5.41) is 2.64. The average Bonchev–Trinajstić information content (AvgIpc) is 2.35. The lowest BCUT2D eigenvalue weighted by Crippen LogP contribution is -2.42. The molecule has 0 fully saturated rings. The van der Waals surface area contributed by atoms with Crippen LogP contribution in [0.15, 0.2) is 24.3 Å². The smallest absolute Gasteiger partial charge is 0.407 e. The Balaban J connectivity index is 2.65. The number of hydrogen-bond acceptors (Lipinski definition) is 3. The number of carbonyl (C=O) groups excluding carboxylic acids is 2. The first-order chi connectivity index (χ1) is 9.60. The van der Waals surface area contributed by atoms with E-state index in [2.05, 4.69) is 5.32 Å². The highest BCUT2D eigenvalue weighted by molar-refractivity contribution is 5.98. The van der Waals surface area contributed by atoms with Gasteiger partial charge in [0.2, 0.25) is 0 Å². The van der Waals surface area contributed by atoms with Gasteiger partial charge in [-0.15, -0.1) is 0 Å². The lowest BCUT2D eigenvalue weighted by molar-refractivity contribution is 0.0493. The topological polar surface area (TPSA) is 55.4 Å². The molecule has 1 aromatic carbocycles. The van der Waals surface area contributed by atoms with Crippen LogP contribution in [0.3, 0.4) is 0 Å². The van der Waals surface area contributed by atoms with Crippen LogP contribution in [0, 0.1) is 11.7 Å². The standard InChI is InChI=1S/C16H22FNO3/c1-10(11(2)18-15(20)21-16(3,4)5)14(19)12-6-8-13(17)9-7-12/h6-11H,1-5H3,(H,18,20). The SMILES string of the molecule is CC(NC(=O)OC(C)(C)C)C(C)C(=O)c1ccc(F)cc1. The van der Waals surface area contributed by atoms with Crippen LogP contribution in [0.2, 0.25) is 0 Å². The van der Waals surface area contributed by atoms with E-state index >= 15 is 0 Å². The number of ketones is 1. The van der Waals surface area contributed by atoms with Gasteiger partial charge in [0.15, 0.2) is 5.78 Å². The summed E-state index contributed by atoms with van der Waals surface area (Å²) in [7, 11) is 0. The van der Waals surface area contributed by atoms with Crippen LogP contribution in [0.25, 0.3) is 0 Å². The summed E-state index contributed by atoms with van der Waals surface area (Å²) in [6.07, 6.45) is -0.561. The normalized spacial score (nSPS) is 14.2. The first kappa shape index (κ1) is 17.1. The molecule has 0 aliphatic rings. The van der Waals surface area contributed by atoms with E-state index in [1.165, 1.54) is 24.3 Å². The summed E-state index contributed by atoms with van der Waals surface area (Å²) < 4.78 is 18.0. The maximum atomic E-state index is 12.9. The van der Waals surface area contributed by atoms with Gasteiger partial charge in [0.05, 0.1) is 0 Å². The number of ether oxygens (including phenoxy) is 1. The molecule has 1 N–H and O–H groups in total. The van der Waals surface area contributed by atoms with Gasteiger partial charge in [-0.3, -0.25) is 4.79 Å². The molecule has 0 aliphatic heterocycles. The Kier molecular flexibility index (Phi) is 5.47. The number of halogens is 1. The maximum Gasteiger partial charge on any atom is 0.407 e. The molecular formula is C16H22FNO3. The van der Waals surface area contributed by atoms with Crippen molar-refractivity contribution in [1.82, 2.24) is 5.32 Å². The molecule has 0 aliphatic carbocycles. The number of hydrogen-bond donors (Lipinski definition) is 1. The van der Waals surface area contributed by atoms with Crippen molar-refractivity contribution in [2.75, 3.05) is 0 Å². The average molecular weight is 295 g/mol. The highest BCUT2D eigenvalue weighted by atomic mass is 19.1. The van der Waals surface area contributed by atoms with Crippen LogP contribution in [0.4, 0.5) is 9.18 Å². The molecule has 2 atom stereocenters. The van der Waals surface area contributed by atoms with Crippen molar-refractivity contribution in [3.05, 3.63) is 35.6 Å². The number of carbonyl (C=O) groups is 2. The Morgan fingerprint density at radius 2 is 1.67 bits per heavy atom. The van der Waals surface area contributed by atoms with Gasteiger partial charge in [-0.2, -0.15) is 0 Å².